The SMILES string of the molecule is CN1CCC(CN(C)CC(O)c2cccc(F)c2F)CC1. The van der Waals surface area contributed by atoms with Crippen LogP contribution in [0.1, 0.15) is 24.5 Å². The maximum Gasteiger partial charge on any atom is 0.164 e. The third-order valence-electron chi connectivity index (χ3n) is 4.23. The first kappa shape index (κ1) is 16.3. The van der Waals surface area contributed by atoms with Gasteiger partial charge in [-0.15, -0.1) is 0 Å². The number of rotatable bonds is 5. The van der Waals surface area contributed by atoms with Crippen molar-refractivity contribution in [3.8, 4) is 0 Å². The number of hydrogen-bond donors (Lipinski definition) is 1. The molecule has 0 aromatic heterocycles. The number of halogens is 2. The second-order valence-corrected chi connectivity index (χ2v) is 6.13. The van der Waals surface area contributed by atoms with Crippen molar-refractivity contribution in [3.63, 3.8) is 0 Å². The first-order valence-corrected chi connectivity index (χ1v) is 7.46. The second-order valence-electron chi connectivity index (χ2n) is 6.13. The van der Waals surface area contributed by atoms with Crippen molar-refractivity contribution < 1.29 is 13.9 Å². The van der Waals surface area contributed by atoms with Crippen LogP contribution in [0.3, 0.4) is 0 Å². The van der Waals surface area contributed by atoms with Gasteiger partial charge in [0.05, 0.1) is 6.10 Å². The minimum atomic E-state index is -1.00. The topological polar surface area (TPSA) is 26.7 Å². The fraction of sp³-hybridized carbons (Fsp3) is 0.625. The molecule has 0 amide bonds. The fourth-order valence-electron chi connectivity index (χ4n) is 2.93. The smallest absolute Gasteiger partial charge is 0.164 e. The number of likely N-dealkylation sites (N-methyl/N-ethyl adjacent to an activating group) is 1. The highest BCUT2D eigenvalue weighted by atomic mass is 19.2. The highest BCUT2D eigenvalue weighted by Gasteiger charge is 2.21. The summed E-state index contributed by atoms with van der Waals surface area (Å²) in [6.45, 7) is 3.38. The molecule has 1 aromatic carbocycles. The van der Waals surface area contributed by atoms with E-state index in [1.54, 1.807) is 0 Å². The number of hydrogen-bond acceptors (Lipinski definition) is 3. The normalized spacial score (nSPS) is 19.1. The average Bonchev–Trinajstić information content (AvgIpc) is 2.44. The van der Waals surface area contributed by atoms with Crippen molar-refractivity contribution in [2.75, 3.05) is 40.3 Å². The van der Waals surface area contributed by atoms with Gasteiger partial charge in [0.25, 0.3) is 0 Å². The van der Waals surface area contributed by atoms with Gasteiger partial charge >= 0.3 is 0 Å². The van der Waals surface area contributed by atoms with Crippen LogP contribution in [0.5, 0.6) is 0 Å². The van der Waals surface area contributed by atoms with E-state index < -0.39 is 17.7 Å². The lowest BCUT2D eigenvalue weighted by molar-refractivity contribution is 0.103. The number of aliphatic hydroxyl groups excluding tert-OH is 1. The zero-order valence-electron chi connectivity index (χ0n) is 12.7. The third kappa shape index (κ3) is 4.46. The Morgan fingerprint density at radius 2 is 2.00 bits per heavy atom. The summed E-state index contributed by atoms with van der Waals surface area (Å²) in [5.74, 6) is -1.25. The Kier molecular flexibility index (Phi) is 5.67. The Morgan fingerprint density at radius 3 is 2.67 bits per heavy atom. The predicted molar refractivity (Wildman–Crippen MR) is 79.0 cm³/mol. The number of likely N-dealkylation sites (tertiary alicyclic amines) is 1. The van der Waals surface area contributed by atoms with Gasteiger partial charge in [-0.2, -0.15) is 0 Å². The molecule has 1 aliphatic heterocycles. The third-order valence-corrected chi connectivity index (χ3v) is 4.23. The molecule has 3 nitrogen and oxygen atoms in total. The summed E-state index contributed by atoms with van der Waals surface area (Å²) in [7, 11) is 4.04. The van der Waals surface area contributed by atoms with Gasteiger partial charge in [-0.25, -0.2) is 8.78 Å². The van der Waals surface area contributed by atoms with Gasteiger partial charge in [-0.3, -0.25) is 0 Å². The van der Waals surface area contributed by atoms with Crippen molar-refractivity contribution >= 4 is 0 Å². The van der Waals surface area contributed by atoms with E-state index >= 15 is 0 Å². The Labute approximate surface area is 125 Å². The van der Waals surface area contributed by atoms with Crippen LogP contribution < -0.4 is 0 Å². The molecule has 1 heterocycles. The van der Waals surface area contributed by atoms with E-state index in [4.69, 9.17) is 0 Å². The van der Waals surface area contributed by atoms with Gasteiger partial charge in [0.15, 0.2) is 11.6 Å². The molecule has 1 fully saturated rings. The summed E-state index contributed by atoms with van der Waals surface area (Å²) in [5.41, 5.74) is 0.0326. The van der Waals surface area contributed by atoms with Gasteiger partial charge in [0.2, 0.25) is 0 Å². The molecule has 1 aliphatic rings. The fourth-order valence-corrected chi connectivity index (χ4v) is 2.93. The number of aliphatic hydroxyl groups is 1. The molecule has 5 heteroatoms. The molecule has 0 saturated carbocycles. The average molecular weight is 298 g/mol. The quantitative estimate of drug-likeness (QED) is 0.903. The van der Waals surface area contributed by atoms with E-state index in [-0.39, 0.29) is 5.56 Å². The van der Waals surface area contributed by atoms with Gasteiger partial charge in [0, 0.05) is 18.7 Å². The van der Waals surface area contributed by atoms with Crippen LogP contribution in [0.4, 0.5) is 8.78 Å². The zero-order chi connectivity index (χ0) is 15.4. The van der Waals surface area contributed by atoms with E-state index in [2.05, 4.69) is 11.9 Å². The Morgan fingerprint density at radius 1 is 1.33 bits per heavy atom. The minimum absolute atomic E-state index is 0.0326. The number of nitrogens with zero attached hydrogens (tertiary/aromatic N) is 2. The zero-order valence-corrected chi connectivity index (χ0v) is 12.7. The number of benzene rings is 1. The van der Waals surface area contributed by atoms with Crippen LogP contribution in [0, 0.1) is 17.6 Å². The largest absolute Gasteiger partial charge is 0.387 e. The first-order chi connectivity index (χ1) is 9.97. The summed E-state index contributed by atoms with van der Waals surface area (Å²) in [4.78, 5) is 4.32. The molecular formula is C16H24F2N2O. The van der Waals surface area contributed by atoms with Crippen LogP contribution in [0.25, 0.3) is 0 Å². The highest BCUT2D eigenvalue weighted by molar-refractivity contribution is 5.21. The van der Waals surface area contributed by atoms with Crippen molar-refractivity contribution in [1.82, 2.24) is 9.80 Å². The molecule has 0 bridgehead atoms. The van der Waals surface area contributed by atoms with E-state index in [0.29, 0.717) is 12.5 Å². The lowest BCUT2D eigenvalue weighted by atomic mass is 9.96. The van der Waals surface area contributed by atoms with E-state index in [0.717, 1.165) is 38.5 Å². The molecule has 2 rings (SSSR count). The molecule has 0 spiro atoms. The number of piperidine rings is 1. The molecule has 0 aliphatic carbocycles. The maximum atomic E-state index is 13.6. The van der Waals surface area contributed by atoms with Gasteiger partial charge < -0.3 is 14.9 Å². The van der Waals surface area contributed by atoms with Crippen LogP contribution in [-0.4, -0.2) is 55.2 Å². The molecule has 0 radical (unpaired) electrons. The Hall–Kier alpha value is -1.04. The summed E-state index contributed by atoms with van der Waals surface area (Å²) < 4.78 is 26.8. The van der Waals surface area contributed by atoms with E-state index in [9.17, 15) is 13.9 Å². The maximum absolute atomic E-state index is 13.6. The van der Waals surface area contributed by atoms with Crippen molar-refractivity contribution in [2.45, 2.75) is 18.9 Å². The Bertz CT molecular complexity index is 462. The van der Waals surface area contributed by atoms with Crippen molar-refractivity contribution in [3.05, 3.63) is 35.4 Å². The summed E-state index contributed by atoms with van der Waals surface area (Å²) >= 11 is 0. The summed E-state index contributed by atoms with van der Waals surface area (Å²) in [5, 5.41) is 10.1. The monoisotopic (exact) mass is 298 g/mol. The molecule has 1 aromatic rings. The standard InChI is InChI=1S/C16H24F2N2O/c1-19-8-6-12(7-9-19)10-20(2)11-15(21)13-4-3-5-14(17)16(13)18/h3-5,12,15,21H,6-11H2,1-2H3. The van der Waals surface area contributed by atoms with E-state index in [1.807, 2.05) is 11.9 Å². The highest BCUT2D eigenvalue weighted by Crippen LogP contribution is 2.22. The first-order valence-electron chi connectivity index (χ1n) is 7.46. The molecule has 1 unspecified atom stereocenters. The summed E-state index contributed by atoms with van der Waals surface area (Å²) in [6.07, 6.45) is 1.29. The predicted octanol–water partition coefficient (Wildman–Crippen LogP) is 2.27. The van der Waals surface area contributed by atoms with Crippen LogP contribution in [-0.2, 0) is 0 Å². The second kappa shape index (κ2) is 7.29. The summed E-state index contributed by atoms with van der Waals surface area (Å²) in [6, 6.07) is 3.92. The molecule has 1 N–H and O–H groups in total. The minimum Gasteiger partial charge on any atom is -0.387 e. The van der Waals surface area contributed by atoms with Crippen LogP contribution in [0.2, 0.25) is 0 Å². The van der Waals surface area contributed by atoms with Crippen LogP contribution >= 0.6 is 0 Å². The van der Waals surface area contributed by atoms with Crippen molar-refractivity contribution in [2.24, 2.45) is 5.92 Å². The molecule has 1 atom stereocenters. The van der Waals surface area contributed by atoms with Crippen LogP contribution in [0.15, 0.2) is 18.2 Å². The lowest BCUT2D eigenvalue weighted by Gasteiger charge is -2.32. The van der Waals surface area contributed by atoms with Gasteiger partial charge in [-0.1, -0.05) is 12.1 Å². The van der Waals surface area contributed by atoms with Crippen molar-refractivity contribution in [1.29, 1.82) is 0 Å². The molecular weight excluding hydrogens is 274 g/mol. The van der Waals surface area contributed by atoms with E-state index in [1.165, 1.54) is 12.1 Å². The van der Waals surface area contributed by atoms with Gasteiger partial charge in [0.1, 0.15) is 0 Å². The molecule has 118 valence electrons. The lowest BCUT2D eigenvalue weighted by Crippen LogP contribution is -2.37. The molecule has 21 heavy (non-hydrogen) atoms. The molecule has 1 saturated heterocycles. The van der Waals surface area contributed by atoms with Gasteiger partial charge in [-0.05, 0) is 52.0 Å². The Balaban J connectivity index is 1.87.